The first kappa shape index (κ1) is 17.1. The average molecular weight is 306 g/mol. The van der Waals surface area contributed by atoms with E-state index in [0.29, 0.717) is 19.8 Å². The Kier molecular flexibility index (Phi) is 5.83. The van der Waals surface area contributed by atoms with Crippen LogP contribution in [0.5, 0.6) is 5.75 Å². The molecule has 0 saturated carbocycles. The standard InChI is InChI=1S/C13H17F3N2O3/c1-3-20-7-6-18(2)12(19)9-4-5-11(10(17)8-9)21-13(14,15)16/h4-5,8H,3,6-7,17H2,1-2H3. The Hall–Kier alpha value is -1.96. The molecule has 0 atom stereocenters. The van der Waals surface area contributed by atoms with E-state index in [0.717, 1.165) is 12.1 Å². The van der Waals surface area contributed by atoms with Crippen molar-refractivity contribution in [3.8, 4) is 5.75 Å². The highest BCUT2D eigenvalue weighted by Crippen LogP contribution is 2.29. The number of halogens is 3. The SMILES string of the molecule is CCOCCN(C)C(=O)c1ccc(OC(F)(F)F)c(N)c1. The molecule has 0 radical (unpaired) electrons. The lowest BCUT2D eigenvalue weighted by atomic mass is 10.1. The Balaban J connectivity index is 2.76. The van der Waals surface area contributed by atoms with Gasteiger partial charge in [0.1, 0.15) is 0 Å². The smallest absolute Gasteiger partial charge is 0.404 e. The van der Waals surface area contributed by atoms with Gasteiger partial charge in [0.25, 0.3) is 5.91 Å². The Labute approximate surface area is 120 Å². The molecule has 0 bridgehead atoms. The van der Waals surface area contributed by atoms with Gasteiger partial charge < -0.3 is 20.1 Å². The minimum atomic E-state index is -4.83. The molecule has 0 unspecified atom stereocenters. The Morgan fingerprint density at radius 3 is 2.57 bits per heavy atom. The van der Waals surface area contributed by atoms with Gasteiger partial charge in [0.15, 0.2) is 5.75 Å². The summed E-state index contributed by atoms with van der Waals surface area (Å²) >= 11 is 0. The van der Waals surface area contributed by atoms with E-state index in [2.05, 4.69) is 4.74 Å². The van der Waals surface area contributed by atoms with Crippen LogP contribution in [0, 0.1) is 0 Å². The number of benzene rings is 1. The van der Waals surface area contributed by atoms with Crippen LogP contribution in [0.4, 0.5) is 18.9 Å². The summed E-state index contributed by atoms with van der Waals surface area (Å²) in [6.45, 7) is 3.12. The first-order valence-corrected chi connectivity index (χ1v) is 6.23. The van der Waals surface area contributed by atoms with E-state index < -0.39 is 12.1 Å². The van der Waals surface area contributed by atoms with Crippen molar-refractivity contribution < 1.29 is 27.4 Å². The zero-order valence-corrected chi connectivity index (χ0v) is 11.7. The van der Waals surface area contributed by atoms with Crippen molar-refractivity contribution in [1.82, 2.24) is 4.90 Å². The molecular weight excluding hydrogens is 289 g/mol. The highest BCUT2D eigenvalue weighted by molar-refractivity contribution is 5.95. The predicted octanol–water partition coefficient (Wildman–Crippen LogP) is 2.28. The van der Waals surface area contributed by atoms with Crippen LogP contribution < -0.4 is 10.5 Å². The first-order valence-electron chi connectivity index (χ1n) is 6.23. The number of ether oxygens (including phenoxy) is 2. The normalized spacial score (nSPS) is 11.3. The van der Waals surface area contributed by atoms with Gasteiger partial charge in [0.2, 0.25) is 0 Å². The Bertz CT molecular complexity index is 492. The molecule has 1 aromatic rings. The van der Waals surface area contributed by atoms with Crippen LogP contribution in [-0.4, -0.2) is 44.0 Å². The van der Waals surface area contributed by atoms with Crippen molar-refractivity contribution in [2.45, 2.75) is 13.3 Å². The number of hydrogen-bond acceptors (Lipinski definition) is 4. The third-order valence-corrected chi connectivity index (χ3v) is 2.60. The number of likely N-dealkylation sites (N-methyl/N-ethyl adjacent to an activating group) is 1. The second-order valence-electron chi connectivity index (χ2n) is 4.22. The van der Waals surface area contributed by atoms with Crippen LogP contribution in [0.25, 0.3) is 0 Å². The molecular formula is C13H17F3N2O3. The zero-order chi connectivity index (χ0) is 16.0. The number of carbonyl (C=O) groups excluding carboxylic acids is 1. The second-order valence-corrected chi connectivity index (χ2v) is 4.22. The van der Waals surface area contributed by atoms with Gasteiger partial charge in [-0.2, -0.15) is 0 Å². The third-order valence-electron chi connectivity index (χ3n) is 2.60. The molecule has 0 heterocycles. The number of hydrogen-bond donors (Lipinski definition) is 1. The van der Waals surface area contributed by atoms with Gasteiger partial charge in [0, 0.05) is 25.8 Å². The highest BCUT2D eigenvalue weighted by atomic mass is 19.4. The molecule has 0 aliphatic heterocycles. The van der Waals surface area contributed by atoms with Gasteiger partial charge in [-0.25, -0.2) is 0 Å². The molecule has 1 amide bonds. The summed E-state index contributed by atoms with van der Waals surface area (Å²) in [7, 11) is 1.57. The van der Waals surface area contributed by atoms with Gasteiger partial charge in [-0.05, 0) is 25.1 Å². The van der Waals surface area contributed by atoms with Crippen molar-refractivity contribution in [3.63, 3.8) is 0 Å². The summed E-state index contributed by atoms with van der Waals surface area (Å²) in [5.74, 6) is -0.893. The van der Waals surface area contributed by atoms with Crippen LogP contribution >= 0.6 is 0 Å². The number of nitrogen functional groups attached to an aromatic ring is 1. The van der Waals surface area contributed by atoms with Crippen molar-refractivity contribution in [2.75, 3.05) is 32.5 Å². The summed E-state index contributed by atoms with van der Waals surface area (Å²) in [6, 6.07) is 3.41. The summed E-state index contributed by atoms with van der Waals surface area (Å²) < 4.78 is 45.2. The van der Waals surface area contributed by atoms with Crippen molar-refractivity contribution in [2.24, 2.45) is 0 Å². The molecule has 21 heavy (non-hydrogen) atoms. The van der Waals surface area contributed by atoms with Gasteiger partial charge in [0.05, 0.1) is 12.3 Å². The summed E-state index contributed by atoms with van der Waals surface area (Å²) in [5, 5.41) is 0. The van der Waals surface area contributed by atoms with E-state index in [9.17, 15) is 18.0 Å². The van der Waals surface area contributed by atoms with Crippen molar-refractivity contribution >= 4 is 11.6 Å². The number of nitrogens with zero attached hydrogens (tertiary/aromatic N) is 1. The van der Waals surface area contributed by atoms with Crippen molar-refractivity contribution in [1.29, 1.82) is 0 Å². The molecule has 0 aromatic heterocycles. The van der Waals surface area contributed by atoms with Gasteiger partial charge in [-0.1, -0.05) is 0 Å². The average Bonchev–Trinajstić information content (AvgIpc) is 2.39. The number of alkyl halides is 3. The van der Waals surface area contributed by atoms with E-state index >= 15 is 0 Å². The maximum atomic E-state index is 12.1. The second kappa shape index (κ2) is 7.16. The monoisotopic (exact) mass is 306 g/mol. The topological polar surface area (TPSA) is 64.8 Å². The number of rotatable bonds is 6. The first-order chi connectivity index (χ1) is 9.74. The third kappa shape index (κ3) is 5.50. The molecule has 118 valence electrons. The summed E-state index contributed by atoms with van der Waals surface area (Å²) in [5.41, 5.74) is 5.40. The molecule has 0 spiro atoms. The summed E-state index contributed by atoms with van der Waals surface area (Å²) in [4.78, 5) is 13.4. The minimum Gasteiger partial charge on any atom is -0.404 e. The number of anilines is 1. The van der Waals surface area contributed by atoms with Crippen LogP contribution in [0.3, 0.4) is 0 Å². The maximum Gasteiger partial charge on any atom is 0.573 e. The van der Waals surface area contributed by atoms with Gasteiger partial charge in [-0.15, -0.1) is 13.2 Å². The van der Waals surface area contributed by atoms with Gasteiger partial charge in [-0.3, -0.25) is 4.79 Å². The molecule has 0 fully saturated rings. The largest absolute Gasteiger partial charge is 0.573 e. The number of carbonyl (C=O) groups is 1. The lowest BCUT2D eigenvalue weighted by molar-refractivity contribution is -0.274. The number of amides is 1. The Morgan fingerprint density at radius 1 is 1.38 bits per heavy atom. The molecule has 2 N–H and O–H groups in total. The van der Waals surface area contributed by atoms with Gasteiger partial charge >= 0.3 is 6.36 Å². The van der Waals surface area contributed by atoms with E-state index in [1.807, 2.05) is 6.92 Å². The fraction of sp³-hybridized carbons (Fsp3) is 0.462. The molecule has 0 saturated heterocycles. The zero-order valence-electron chi connectivity index (χ0n) is 11.7. The fourth-order valence-corrected chi connectivity index (χ4v) is 1.57. The molecule has 8 heteroatoms. The van der Waals surface area contributed by atoms with Crippen LogP contribution in [0.15, 0.2) is 18.2 Å². The van der Waals surface area contributed by atoms with Crippen LogP contribution in [0.2, 0.25) is 0 Å². The maximum absolute atomic E-state index is 12.1. The summed E-state index contributed by atoms with van der Waals surface area (Å²) in [6.07, 6.45) is -4.83. The highest BCUT2D eigenvalue weighted by Gasteiger charge is 2.32. The molecule has 0 aliphatic rings. The van der Waals surface area contributed by atoms with E-state index in [1.165, 1.54) is 11.0 Å². The molecule has 1 rings (SSSR count). The van der Waals surface area contributed by atoms with Crippen molar-refractivity contribution in [3.05, 3.63) is 23.8 Å². The quantitative estimate of drug-likeness (QED) is 0.647. The molecule has 5 nitrogen and oxygen atoms in total. The predicted molar refractivity (Wildman–Crippen MR) is 71.0 cm³/mol. The van der Waals surface area contributed by atoms with E-state index in [-0.39, 0.29) is 17.2 Å². The van der Waals surface area contributed by atoms with E-state index in [1.54, 1.807) is 7.05 Å². The van der Waals surface area contributed by atoms with E-state index in [4.69, 9.17) is 10.5 Å². The van der Waals surface area contributed by atoms with Crippen LogP contribution in [-0.2, 0) is 4.74 Å². The Morgan fingerprint density at radius 2 is 2.05 bits per heavy atom. The minimum absolute atomic E-state index is 0.182. The van der Waals surface area contributed by atoms with Crippen LogP contribution in [0.1, 0.15) is 17.3 Å². The lowest BCUT2D eigenvalue weighted by Gasteiger charge is -2.18. The molecule has 1 aromatic carbocycles. The number of nitrogens with two attached hydrogens (primary N) is 1. The fourth-order valence-electron chi connectivity index (χ4n) is 1.57. The lowest BCUT2D eigenvalue weighted by Crippen LogP contribution is -2.30. The molecule has 0 aliphatic carbocycles.